The fourth-order valence-corrected chi connectivity index (χ4v) is 2.12. The normalized spacial score (nSPS) is 21.5. The van der Waals surface area contributed by atoms with E-state index >= 15 is 0 Å². The van der Waals surface area contributed by atoms with Crippen LogP contribution in [0.2, 0.25) is 0 Å². The molecule has 0 saturated carbocycles. The van der Waals surface area contributed by atoms with E-state index in [1.807, 2.05) is 18.2 Å². The summed E-state index contributed by atoms with van der Waals surface area (Å²) in [4.78, 5) is 2.31. The molecule has 2 rings (SSSR count). The monoisotopic (exact) mass is 206 g/mol. The van der Waals surface area contributed by atoms with Gasteiger partial charge in [0, 0.05) is 19.1 Å². The van der Waals surface area contributed by atoms with Gasteiger partial charge in [-0.1, -0.05) is 12.1 Å². The molecule has 1 aromatic rings. The van der Waals surface area contributed by atoms with E-state index in [9.17, 15) is 0 Å². The first kappa shape index (κ1) is 10.3. The van der Waals surface area contributed by atoms with Gasteiger partial charge < -0.3 is 15.4 Å². The maximum atomic E-state index is 5.97. The Kier molecular flexibility index (Phi) is 3.11. The van der Waals surface area contributed by atoms with Gasteiger partial charge in [-0.15, -0.1) is 0 Å². The molecule has 82 valence electrons. The van der Waals surface area contributed by atoms with Crippen molar-refractivity contribution in [2.24, 2.45) is 5.73 Å². The van der Waals surface area contributed by atoms with Crippen molar-refractivity contribution in [2.75, 3.05) is 25.1 Å². The molecule has 0 aliphatic carbocycles. The lowest BCUT2D eigenvalue weighted by Gasteiger charge is -2.33. The van der Waals surface area contributed by atoms with Gasteiger partial charge >= 0.3 is 0 Å². The number of ether oxygens (including phenoxy) is 1. The van der Waals surface area contributed by atoms with Gasteiger partial charge in [-0.25, -0.2) is 0 Å². The highest BCUT2D eigenvalue weighted by atomic mass is 16.5. The highest BCUT2D eigenvalue weighted by molar-refractivity contribution is 5.58. The van der Waals surface area contributed by atoms with E-state index in [4.69, 9.17) is 10.5 Å². The summed E-state index contributed by atoms with van der Waals surface area (Å²) in [5.74, 6) is 0.937. The van der Waals surface area contributed by atoms with Crippen molar-refractivity contribution in [1.82, 2.24) is 0 Å². The number of anilines is 1. The van der Waals surface area contributed by atoms with Crippen LogP contribution in [-0.4, -0.2) is 26.2 Å². The predicted octanol–water partition coefficient (Wildman–Crippen LogP) is 1.62. The summed E-state index contributed by atoms with van der Waals surface area (Å²) in [5, 5.41) is 0. The number of nitrogens with two attached hydrogens (primary N) is 1. The van der Waals surface area contributed by atoms with Crippen LogP contribution < -0.4 is 15.4 Å². The third kappa shape index (κ3) is 2.23. The van der Waals surface area contributed by atoms with Gasteiger partial charge in [0.15, 0.2) is 0 Å². The summed E-state index contributed by atoms with van der Waals surface area (Å²) in [7, 11) is 1.71. The van der Waals surface area contributed by atoms with Gasteiger partial charge in [0.2, 0.25) is 0 Å². The van der Waals surface area contributed by atoms with Gasteiger partial charge in [0.1, 0.15) is 5.75 Å². The third-order valence-electron chi connectivity index (χ3n) is 2.88. The molecule has 1 fully saturated rings. The zero-order valence-corrected chi connectivity index (χ0v) is 9.15. The van der Waals surface area contributed by atoms with E-state index in [0.717, 1.165) is 30.9 Å². The molecule has 3 nitrogen and oxygen atoms in total. The van der Waals surface area contributed by atoms with Crippen molar-refractivity contribution in [3.63, 3.8) is 0 Å². The van der Waals surface area contributed by atoms with E-state index in [1.54, 1.807) is 7.11 Å². The molecule has 0 bridgehead atoms. The quantitative estimate of drug-likeness (QED) is 0.799. The first-order valence-electron chi connectivity index (χ1n) is 5.45. The minimum atomic E-state index is 0.295. The third-order valence-corrected chi connectivity index (χ3v) is 2.88. The molecular weight excluding hydrogens is 188 g/mol. The number of benzene rings is 1. The molecule has 1 aliphatic heterocycles. The van der Waals surface area contributed by atoms with Crippen LogP contribution in [0.25, 0.3) is 0 Å². The topological polar surface area (TPSA) is 38.5 Å². The Labute approximate surface area is 90.8 Å². The van der Waals surface area contributed by atoms with Crippen molar-refractivity contribution in [3.05, 3.63) is 24.3 Å². The van der Waals surface area contributed by atoms with E-state index in [2.05, 4.69) is 11.0 Å². The van der Waals surface area contributed by atoms with E-state index in [0.29, 0.717) is 6.04 Å². The summed E-state index contributed by atoms with van der Waals surface area (Å²) >= 11 is 0. The number of nitrogens with zero attached hydrogens (tertiary/aromatic N) is 1. The molecule has 0 aromatic heterocycles. The lowest BCUT2D eigenvalue weighted by molar-refractivity contribution is 0.411. The van der Waals surface area contributed by atoms with Crippen molar-refractivity contribution >= 4 is 5.69 Å². The Morgan fingerprint density at radius 3 is 2.93 bits per heavy atom. The van der Waals surface area contributed by atoms with Crippen molar-refractivity contribution in [1.29, 1.82) is 0 Å². The second-order valence-electron chi connectivity index (χ2n) is 4.02. The first-order chi connectivity index (χ1) is 7.31. The SMILES string of the molecule is COc1ccccc1N1CCCC(N)C1. The molecule has 15 heavy (non-hydrogen) atoms. The highest BCUT2D eigenvalue weighted by Gasteiger charge is 2.18. The molecule has 0 radical (unpaired) electrons. The maximum Gasteiger partial charge on any atom is 0.142 e. The molecule has 1 atom stereocenters. The van der Waals surface area contributed by atoms with Gasteiger partial charge in [-0.05, 0) is 25.0 Å². The molecule has 1 aliphatic rings. The Morgan fingerprint density at radius 1 is 1.40 bits per heavy atom. The molecular formula is C12H18N2O. The lowest BCUT2D eigenvalue weighted by Crippen LogP contribution is -2.42. The fourth-order valence-electron chi connectivity index (χ4n) is 2.12. The summed E-state index contributed by atoms with van der Waals surface area (Å²) in [6.07, 6.45) is 2.30. The van der Waals surface area contributed by atoms with Gasteiger partial charge in [0.05, 0.1) is 12.8 Å². The van der Waals surface area contributed by atoms with Crippen LogP contribution in [0.15, 0.2) is 24.3 Å². The minimum absolute atomic E-state index is 0.295. The second-order valence-corrected chi connectivity index (χ2v) is 4.02. The van der Waals surface area contributed by atoms with Crippen LogP contribution in [0.5, 0.6) is 5.75 Å². The molecule has 0 spiro atoms. The highest BCUT2D eigenvalue weighted by Crippen LogP contribution is 2.29. The van der Waals surface area contributed by atoms with E-state index in [-0.39, 0.29) is 0 Å². The number of piperidine rings is 1. The predicted molar refractivity (Wildman–Crippen MR) is 62.4 cm³/mol. The number of hydrogen-bond acceptors (Lipinski definition) is 3. The van der Waals surface area contributed by atoms with Crippen molar-refractivity contribution in [2.45, 2.75) is 18.9 Å². The largest absolute Gasteiger partial charge is 0.495 e. The molecule has 1 saturated heterocycles. The minimum Gasteiger partial charge on any atom is -0.495 e. The van der Waals surface area contributed by atoms with Gasteiger partial charge in [0.25, 0.3) is 0 Å². The van der Waals surface area contributed by atoms with Crippen LogP contribution in [0.1, 0.15) is 12.8 Å². The van der Waals surface area contributed by atoms with Crippen LogP contribution in [0, 0.1) is 0 Å². The van der Waals surface area contributed by atoms with Gasteiger partial charge in [-0.3, -0.25) is 0 Å². The first-order valence-corrected chi connectivity index (χ1v) is 5.45. The Balaban J connectivity index is 2.20. The standard InChI is InChI=1S/C12H18N2O/c1-15-12-7-3-2-6-11(12)14-8-4-5-10(13)9-14/h2-3,6-7,10H,4-5,8-9,13H2,1H3. The summed E-state index contributed by atoms with van der Waals surface area (Å²) in [5.41, 5.74) is 7.13. The number of methoxy groups -OCH3 is 1. The Hall–Kier alpha value is -1.22. The molecule has 3 heteroatoms. The zero-order valence-electron chi connectivity index (χ0n) is 9.15. The average Bonchev–Trinajstić information content (AvgIpc) is 2.29. The van der Waals surface area contributed by atoms with E-state index < -0.39 is 0 Å². The van der Waals surface area contributed by atoms with Crippen molar-refractivity contribution in [3.8, 4) is 5.75 Å². The van der Waals surface area contributed by atoms with Crippen LogP contribution in [-0.2, 0) is 0 Å². The average molecular weight is 206 g/mol. The maximum absolute atomic E-state index is 5.97. The number of rotatable bonds is 2. The van der Waals surface area contributed by atoms with Crippen LogP contribution in [0.3, 0.4) is 0 Å². The second kappa shape index (κ2) is 4.53. The number of hydrogen-bond donors (Lipinski definition) is 1. The summed E-state index contributed by atoms with van der Waals surface area (Å²) < 4.78 is 5.35. The Bertz CT molecular complexity index is 327. The van der Waals surface area contributed by atoms with Crippen LogP contribution in [0.4, 0.5) is 5.69 Å². The number of para-hydroxylation sites is 2. The summed E-state index contributed by atoms with van der Waals surface area (Å²) in [6, 6.07) is 8.42. The molecule has 2 N–H and O–H groups in total. The molecule has 0 amide bonds. The zero-order chi connectivity index (χ0) is 10.7. The Morgan fingerprint density at radius 2 is 2.20 bits per heavy atom. The fraction of sp³-hybridized carbons (Fsp3) is 0.500. The van der Waals surface area contributed by atoms with Crippen LogP contribution >= 0.6 is 0 Å². The molecule has 1 unspecified atom stereocenters. The van der Waals surface area contributed by atoms with Gasteiger partial charge in [-0.2, -0.15) is 0 Å². The summed E-state index contributed by atoms with van der Waals surface area (Å²) in [6.45, 7) is 2.01. The van der Waals surface area contributed by atoms with Crippen molar-refractivity contribution < 1.29 is 4.74 Å². The molecule has 1 heterocycles. The smallest absolute Gasteiger partial charge is 0.142 e. The molecule has 1 aromatic carbocycles. The van der Waals surface area contributed by atoms with E-state index in [1.165, 1.54) is 6.42 Å². The lowest BCUT2D eigenvalue weighted by atomic mass is 10.1.